The molecule has 0 aliphatic rings. The first-order chi connectivity index (χ1) is 11.6. The first-order valence-corrected chi connectivity index (χ1v) is 8.10. The number of ether oxygens (including phenoxy) is 1. The summed E-state index contributed by atoms with van der Waals surface area (Å²) in [5, 5.41) is 16.6. The van der Waals surface area contributed by atoms with E-state index in [9.17, 15) is 9.90 Å². The normalized spacial score (nSPS) is 13.5. The first-order valence-electron chi connectivity index (χ1n) is 8.10. The molecule has 0 aliphatic heterocycles. The van der Waals surface area contributed by atoms with E-state index < -0.39 is 6.10 Å². The number of nitrogens with one attached hydrogen (secondary N) is 1. The van der Waals surface area contributed by atoms with Gasteiger partial charge in [0, 0.05) is 25.7 Å². The molecule has 1 heterocycles. The number of carbonyl (C=O) groups excluding carboxylic acids is 1. The molecule has 130 valence electrons. The fourth-order valence-electron chi connectivity index (χ4n) is 2.55. The Labute approximate surface area is 142 Å². The highest BCUT2D eigenvalue weighted by atomic mass is 16.5. The highest BCUT2D eigenvalue weighted by Crippen LogP contribution is 2.20. The van der Waals surface area contributed by atoms with Gasteiger partial charge in [0.1, 0.15) is 6.61 Å². The second-order valence-electron chi connectivity index (χ2n) is 5.94. The van der Waals surface area contributed by atoms with E-state index in [0.29, 0.717) is 19.6 Å². The van der Waals surface area contributed by atoms with Crippen LogP contribution in [0.3, 0.4) is 0 Å². The highest BCUT2D eigenvalue weighted by molar-refractivity contribution is 5.77. The number of nitrogens with zero attached hydrogens (tertiary/aromatic N) is 2. The van der Waals surface area contributed by atoms with Crippen LogP contribution in [0.15, 0.2) is 42.6 Å². The van der Waals surface area contributed by atoms with Crippen molar-refractivity contribution in [1.82, 2.24) is 15.1 Å². The molecule has 24 heavy (non-hydrogen) atoms. The molecule has 0 bridgehead atoms. The van der Waals surface area contributed by atoms with Crippen LogP contribution in [0.1, 0.15) is 30.5 Å². The molecule has 0 saturated carbocycles. The average Bonchev–Trinajstić information content (AvgIpc) is 2.97. The number of amides is 1. The van der Waals surface area contributed by atoms with E-state index in [1.165, 1.54) is 0 Å². The molecular formula is C18H25N3O3. The maximum absolute atomic E-state index is 12.0. The van der Waals surface area contributed by atoms with E-state index in [1.807, 2.05) is 43.4 Å². The quantitative estimate of drug-likeness (QED) is 0.732. The summed E-state index contributed by atoms with van der Waals surface area (Å²) in [6.45, 7) is 2.58. The SMILES string of the molecule is C[C@@H](O)C[C@H](CNC(=O)COCc1ccnn1C)c1ccccc1. The lowest BCUT2D eigenvalue weighted by molar-refractivity contribution is -0.126. The van der Waals surface area contributed by atoms with Gasteiger partial charge in [-0.2, -0.15) is 5.10 Å². The number of aliphatic hydroxyl groups excluding tert-OH is 1. The molecule has 0 radical (unpaired) electrons. The molecule has 2 N–H and O–H groups in total. The Balaban J connectivity index is 1.78. The van der Waals surface area contributed by atoms with Crippen LogP contribution in [0.4, 0.5) is 0 Å². The summed E-state index contributed by atoms with van der Waals surface area (Å²) in [7, 11) is 1.83. The van der Waals surface area contributed by atoms with Gasteiger partial charge >= 0.3 is 0 Å². The van der Waals surface area contributed by atoms with Crippen molar-refractivity contribution in [3.8, 4) is 0 Å². The molecule has 2 rings (SSSR count). The van der Waals surface area contributed by atoms with Gasteiger partial charge in [0.05, 0.1) is 18.4 Å². The predicted octanol–water partition coefficient (Wildman–Crippen LogP) is 1.61. The van der Waals surface area contributed by atoms with Gasteiger partial charge in [0.2, 0.25) is 5.91 Å². The molecule has 6 heteroatoms. The van der Waals surface area contributed by atoms with Crippen molar-refractivity contribution >= 4 is 5.91 Å². The molecule has 0 saturated heterocycles. The van der Waals surface area contributed by atoms with Crippen molar-refractivity contribution < 1.29 is 14.6 Å². The Morgan fingerprint density at radius 1 is 1.33 bits per heavy atom. The van der Waals surface area contributed by atoms with Gasteiger partial charge in [-0.15, -0.1) is 0 Å². The standard InChI is InChI=1S/C18H25N3O3/c1-14(22)10-16(15-6-4-3-5-7-15)11-19-18(23)13-24-12-17-8-9-20-21(17)2/h3-9,14,16,22H,10-13H2,1-2H3,(H,19,23)/t14-,16-/m1/s1. The summed E-state index contributed by atoms with van der Waals surface area (Å²) in [4.78, 5) is 12.0. The molecule has 1 aromatic heterocycles. The number of hydrogen-bond donors (Lipinski definition) is 2. The van der Waals surface area contributed by atoms with E-state index in [0.717, 1.165) is 11.3 Å². The molecule has 1 amide bonds. The molecule has 0 unspecified atom stereocenters. The van der Waals surface area contributed by atoms with Crippen LogP contribution in [0, 0.1) is 0 Å². The van der Waals surface area contributed by atoms with Crippen LogP contribution in [-0.2, 0) is 23.2 Å². The minimum Gasteiger partial charge on any atom is -0.393 e. The molecule has 0 fully saturated rings. The maximum atomic E-state index is 12.0. The summed E-state index contributed by atoms with van der Waals surface area (Å²) < 4.78 is 7.13. The fraction of sp³-hybridized carbons (Fsp3) is 0.444. The van der Waals surface area contributed by atoms with Crippen LogP contribution >= 0.6 is 0 Å². The lowest BCUT2D eigenvalue weighted by Crippen LogP contribution is -2.32. The lowest BCUT2D eigenvalue weighted by atomic mass is 9.93. The van der Waals surface area contributed by atoms with E-state index in [2.05, 4.69) is 10.4 Å². The second kappa shape index (κ2) is 9.20. The van der Waals surface area contributed by atoms with Crippen molar-refractivity contribution in [2.75, 3.05) is 13.2 Å². The molecular weight excluding hydrogens is 306 g/mol. The third-order valence-electron chi connectivity index (χ3n) is 3.85. The smallest absolute Gasteiger partial charge is 0.246 e. The van der Waals surface area contributed by atoms with Crippen molar-refractivity contribution in [1.29, 1.82) is 0 Å². The molecule has 6 nitrogen and oxygen atoms in total. The van der Waals surface area contributed by atoms with Gasteiger partial charge in [-0.1, -0.05) is 30.3 Å². The number of rotatable bonds is 9. The highest BCUT2D eigenvalue weighted by Gasteiger charge is 2.15. The Hall–Kier alpha value is -2.18. The minimum atomic E-state index is -0.423. The van der Waals surface area contributed by atoms with E-state index in [1.54, 1.807) is 17.8 Å². The largest absolute Gasteiger partial charge is 0.393 e. The molecule has 0 spiro atoms. The van der Waals surface area contributed by atoms with Gasteiger partial charge in [0.15, 0.2) is 0 Å². The monoisotopic (exact) mass is 331 g/mol. The average molecular weight is 331 g/mol. The van der Waals surface area contributed by atoms with Gasteiger partial charge in [-0.25, -0.2) is 0 Å². The molecule has 2 atom stereocenters. The van der Waals surface area contributed by atoms with Crippen LogP contribution in [0.2, 0.25) is 0 Å². The number of hydrogen-bond acceptors (Lipinski definition) is 4. The predicted molar refractivity (Wildman–Crippen MR) is 91.4 cm³/mol. The van der Waals surface area contributed by atoms with E-state index >= 15 is 0 Å². The van der Waals surface area contributed by atoms with Crippen LogP contribution < -0.4 is 5.32 Å². The van der Waals surface area contributed by atoms with Gasteiger partial charge in [-0.05, 0) is 25.0 Å². The summed E-state index contributed by atoms with van der Waals surface area (Å²) in [5.74, 6) is -0.0871. The van der Waals surface area contributed by atoms with Crippen molar-refractivity contribution in [2.45, 2.75) is 32.0 Å². The van der Waals surface area contributed by atoms with E-state index in [4.69, 9.17) is 4.74 Å². The number of benzene rings is 1. The van der Waals surface area contributed by atoms with Gasteiger partial charge in [0.25, 0.3) is 0 Å². The second-order valence-corrected chi connectivity index (χ2v) is 5.94. The molecule has 1 aromatic carbocycles. The van der Waals surface area contributed by atoms with Crippen LogP contribution in [0.5, 0.6) is 0 Å². The van der Waals surface area contributed by atoms with Crippen molar-refractivity contribution in [3.05, 3.63) is 53.9 Å². The first kappa shape index (κ1) is 18.2. The zero-order chi connectivity index (χ0) is 17.4. The number of aliphatic hydroxyl groups is 1. The number of carbonyl (C=O) groups is 1. The number of aryl methyl sites for hydroxylation is 1. The summed E-state index contributed by atoms with van der Waals surface area (Å²) in [6, 6.07) is 11.8. The Morgan fingerprint density at radius 3 is 2.71 bits per heavy atom. The van der Waals surface area contributed by atoms with Crippen LogP contribution in [-0.4, -0.2) is 40.0 Å². The van der Waals surface area contributed by atoms with Crippen LogP contribution in [0.25, 0.3) is 0 Å². The summed E-state index contributed by atoms with van der Waals surface area (Å²) in [6.07, 6.45) is 1.87. The van der Waals surface area contributed by atoms with Crippen molar-refractivity contribution in [3.63, 3.8) is 0 Å². The Bertz CT molecular complexity index is 625. The Morgan fingerprint density at radius 2 is 2.08 bits per heavy atom. The summed E-state index contributed by atoms with van der Waals surface area (Å²) in [5.41, 5.74) is 2.02. The molecule has 2 aromatic rings. The third-order valence-corrected chi connectivity index (χ3v) is 3.85. The molecule has 0 aliphatic carbocycles. The van der Waals surface area contributed by atoms with E-state index in [-0.39, 0.29) is 18.4 Å². The fourth-order valence-corrected chi connectivity index (χ4v) is 2.55. The zero-order valence-corrected chi connectivity index (χ0v) is 14.2. The maximum Gasteiger partial charge on any atom is 0.246 e. The van der Waals surface area contributed by atoms with Gasteiger partial charge in [-0.3, -0.25) is 9.48 Å². The zero-order valence-electron chi connectivity index (χ0n) is 14.2. The Kier molecular flexibility index (Phi) is 6.96. The topological polar surface area (TPSA) is 76.4 Å². The third kappa shape index (κ3) is 5.79. The van der Waals surface area contributed by atoms with Crippen molar-refractivity contribution in [2.24, 2.45) is 7.05 Å². The lowest BCUT2D eigenvalue weighted by Gasteiger charge is -2.19. The summed E-state index contributed by atoms with van der Waals surface area (Å²) >= 11 is 0. The van der Waals surface area contributed by atoms with Gasteiger partial charge < -0.3 is 15.2 Å². The number of aromatic nitrogens is 2. The minimum absolute atomic E-state index is 0.00136.